The normalized spacial score (nSPS) is 10.1. The van der Waals surface area contributed by atoms with E-state index < -0.39 is 0 Å². The average molecular weight is 381 g/mol. The molecule has 0 radical (unpaired) electrons. The number of amides is 1. The summed E-state index contributed by atoms with van der Waals surface area (Å²) in [6.45, 7) is 0.241. The fourth-order valence-electron chi connectivity index (χ4n) is 1.70. The first-order chi connectivity index (χ1) is 11.7. The Balaban J connectivity index is 0.000000292. The zero-order valence-corrected chi connectivity index (χ0v) is 15.2. The van der Waals surface area contributed by atoms with E-state index in [1.54, 1.807) is 0 Å². The molecule has 0 spiro atoms. The third kappa shape index (κ3) is 6.49. The maximum absolute atomic E-state index is 11.4. The maximum atomic E-state index is 11.4. The van der Waals surface area contributed by atoms with Gasteiger partial charge in [-0.2, -0.15) is 0 Å². The van der Waals surface area contributed by atoms with Gasteiger partial charge in [0.05, 0.1) is 22.6 Å². The summed E-state index contributed by atoms with van der Waals surface area (Å²) >= 11 is 8.80. The summed E-state index contributed by atoms with van der Waals surface area (Å²) in [4.78, 5) is 15.8. The van der Waals surface area contributed by atoms with E-state index in [9.17, 15) is 4.79 Å². The SMILES string of the molecule is O=C(CSc1nc2cc(Cl)ccc2s1)NCCO.c1ccccc1. The molecule has 1 amide bonds. The number of nitrogens with one attached hydrogen (secondary N) is 1. The molecule has 3 rings (SSSR count). The molecule has 0 saturated heterocycles. The standard InChI is InChI=1S/C11H11ClN2O2S2.C6H6/c12-7-1-2-9-8(5-7)14-11(18-9)17-6-10(16)13-3-4-15;1-2-4-6-5-3-1/h1-2,5,15H,3-4,6H2,(H,13,16);1-6H. The Morgan fingerprint density at radius 2 is 1.88 bits per heavy atom. The molecule has 7 heteroatoms. The zero-order valence-electron chi connectivity index (χ0n) is 12.8. The van der Waals surface area contributed by atoms with Gasteiger partial charge in [-0.15, -0.1) is 11.3 Å². The number of halogens is 1. The van der Waals surface area contributed by atoms with Crippen molar-refractivity contribution in [3.05, 3.63) is 59.6 Å². The molecule has 1 heterocycles. The lowest BCUT2D eigenvalue weighted by Gasteiger charge is -2.00. The van der Waals surface area contributed by atoms with E-state index in [1.807, 2.05) is 54.6 Å². The van der Waals surface area contributed by atoms with Gasteiger partial charge in [-0.1, -0.05) is 59.8 Å². The van der Waals surface area contributed by atoms with Gasteiger partial charge < -0.3 is 10.4 Å². The number of hydrogen-bond acceptors (Lipinski definition) is 5. The fraction of sp³-hybridized carbons (Fsp3) is 0.176. The van der Waals surface area contributed by atoms with Crippen LogP contribution in [0.4, 0.5) is 0 Å². The van der Waals surface area contributed by atoms with Crippen molar-refractivity contribution < 1.29 is 9.90 Å². The van der Waals surface area contributed by atoms with Crippen molar-refractivity contribution in [1.82, 2.24) is 10.3 Å². The molecule has 24 heavy (non-hydrogen) atoms. The van der Waals surface area contributed by atoms with Crippen LogP contribution in [-0.4, -0.2) is 34.9 Å². The first kappa shape index (κ1) is 18.7. The number of thiazole rings is 1. The average Bonchev–Trinajstić information content (AvgIpc) is 3.02. The van der Waals surface area contributed by atoms with Crippen LogP contribution >= 0.6 is 34.7 Å². The fourth-order valence-corrected chi connectivity index (χ4v) is 3.74. The summed E-state index contributed by atoms with van der Waals surface area (Å²) in [6.07, 6.45) is 0. The summed E-state index contributed by atoms with van der Waals surface area (Å²) in [5.74, 6) is 0.194. The molecule has 126 valence electrons. The minimum absolute atomic E-state index is 0.0456. The van der Waals surface area contributed by atoms with E-state index in [1.165, 1.54) is 23.1 Å². The van der Waals surface area contributed by atoms with Crippen LogP contribution in [0.3, 0.4) is 0 Å². The summed E-state index contributed by atoms with van der Waals surface area (Å²) in [6, 6.07) is 17.6. The largest absolute Gasteiger partial charge is 0.395 e. The molecule has 2 aromatic carbocycles. The Kier molecular flexibility index (Phi) is 8.04. The summed E-state index contributed by atoms with van der Waals surface area (Å²) in [5.41, 5.74) is 0.853. The van der Waals surface area contributed by atoms with Crippen LogP contribution in [0.5, 0.6) is 0 Å². The van der Waals surface area contributed by atoms with Gasteiger partial charge in [0, 0.05) is 11.6 Å². The number of rotatable bonds is 5. The molecule has 0 fully saturated rings. The molecule has 0 saturated carbocycles. The molecule has 0 aliphatic heterocycles. The minimum Gasteiger partial charge on any atom is -0.395 e. The third-order valence-corrected chi connectivity index (χ3v) is 5.17. The summed E-state index contributed by atoms with van der Waals surface area (Å²) in [5, 5.41) is 11.8. The first-order valence-electron chi connectivity index (χ1n) is 7.25. The van der Waals surface area contributed by atoms with Crippen molar-refractivity contribution in [3.8, 4) is 0 Å². The van der Waals surface area contributed by atoms with Gasteiger partial charge in [0.15, 0.2) is 4.34 Å². The van der Waals surface area contributed by atoms with Crippen LogP contribution in [0.15, 0.2) is 58.9 Å². The van der Waals surface area contributed by atoms with E-state index >= 15 is 0 Å². The lowest BCUT2D eigenvalue weighted by molar-refractivity contribution is -0.118. The number of thioether (sulfide) groups is 1. The minimum atomic E-state index is -0.105. The number of carbonyl (C=O) groups excluding carboxylic acids is 1. The maximum Gasteiger partial charge on any atom is 0.230 e. The van der Waals surface area contributed by atoms with Crippen molar-refractivity contribution in [2.75, 3.05) is 18.9 Å². The molecular weight excluding hydrogens is 364 g/mol. The number of hydrogen-bond donors (Lipinski definition) is 2. The van der Waals surface area contributed by atoms with Gasteiger partial charge in [0.25, 0.3) is 0 Å². The quantitative estimate of drug-likeness (QED) is 0.660. The number of benzene rings is 2. The molecule has 3 aromatic rings. The monoisotopic (exact) mass is 380 g/mol. The highest BCUT2D eigenvalue weighted by Gasteiger charge is 2.07. The van der Waals surface area contributed by atoms with Gasteiger partial charge in [0.2, 0.25) is 5.91 Å². The van der Waals surface area contributed by atoms with E-state index in [2.05, 4.69) is 10.3 Å². The van der Waals surface area contributed by atoms with Gasteiger partial charge in [-0.25, -0.2) is 4.98 Å². The zero-order chi connectivity index (χ0) is 17.2. The first-order valence-corrected chi connectivity index (χ1v) is 9.43. The lowest BCUT2D eigenvalue weighted by atomic mass is 10.3. The number of aromatic nitrogens is 1. The van der Waals surface area contributed by atoms with Crippen molar-refractivity contribution in [2.24, 2.45) is 0 Å². The lowest BCUT2D eigenvalue weighted by Crippen LogP contribution is -2.27. The number of carbonyl (C=O) groups is 1. The van der Waals surface area contributed by atoms with E-state index in [0.29, 0.717) is 10.8 Å². The molecule has 4 nitrogen and oxygen atoms in total. The van der Waals surface area contributed by atoms with Crippen molar-refractivity contribution in [3.63, 3.8) is 0 Å². The van der Waals surface area contributed by atoms with Gasteiger partial charge in [-0.3, -0.25) is 4.79 Å². The molecule has 1 aromatic heterocycles. The number of aliphatic hydroxyl groups excluding tert-OH is 1. The Morgan fingerprint density at radius 3 is 2.50 bits per heavy atom. The van der Waals surface area contributed by atoms with Crippen LogP contribution in [0.1, 0.15) is 0 Å². The summed E-state index contributed by atoms with van der Waals surface area (Å²) in [7, 11) is 0. The second-order valence-electron chi connectivity index (χ2n) is 4.61. The topological polar surface area (TPSA) is 62.2 Å². The van der Waals surface area contributed by atoms with Gasteiger partial charge in [0.1, 0.15) is 0 Å². The number of nitrogens with zero attached hydrogens (tertiary/aromatic N) is 1. The Hall–Kier alpha value is -1.60. The number of fused-ring (bicyclic) bond motifs is 1. The van der Waals surface area contributed by atoms with E-state index in [-0.39, 0.29) is 19.1 Å². The molecule has 0 atom stereocenters. The van der Waals surface area contributed by atoms with Gasteiger partial charge in [-0.05, 0) is 18.2 Å². The molecule has 0 aliphatic rings. The second kappa shape index (κ2) is 10.3. The molecule has 0 bridgehead atoms. The smallest absolute Gasteiger partial charge is 0.230 e. The Morgan fingerprint density at radius 1 is 1.21 bits per heavy atom. The van der Waals surface area contributed by atoms with Crippen LogP contribution < -0.4 is 5.32 Å². The van der Waals surface area contributed by atoms with Gasteiger partial charge >= 0.3 is 0 Å². The van der Waals surface area contributed by atoms with Crippen molar-refractivity contribution >= 4 is 50.8 Å². The Labute approximate surface area is 153 Å². The highest BCUT2D eigenvalue weighted by Crippen LogP contribution is 2.30. The van der Waals surface area contributed by atoms with E-state index in [0.717, 1.165) is 14.6 Å². The highest BCUT2D eigenvalue weighted by atomic mass is 35.5. The molecule has 0 aliphatic carbocycles. The highest BCUT2D eigenvalue weighted by molar-refractivity contribution is 8.01. The van der Waals surface area contributed by atoms with E-state index in [4.69, 9.17) is 16.7 Å². The predicted octanol–water partition coefficient (Wildman–Crippen LogP) is 3.84. The molecule has 2 N–H and O–H groups in total. The van der Waals surface area contributed by atoms with Crippen molar-refractivity contribution in [2.45, 2.75) is 4.34 Å². The third-order valence-electron chi connectivity index (χ3n) is 2.76. The molecule has 0 unspecified atom stereocenters. The van der Waals surface area contributed by atoms with Crippen LogP contribution in [0.25, 0.3) is 10.2 Å². The Bertz CT molecular complexity index is 739. The van der Waals surface area contributed by atoms with Crippen LogP contribution in [0, 0.1) is 0 Å². The predicted molar refractivity (Wildman–Crippen MR) is 102 cm³/mol. The number of aliphatic hydroxyl groups is 1. The summed E-state index contributed by atoms with van der Waals surface area (Å²) < 4.78 is 1.89. The molecular formula is C17H17ClN2O2S2. The van der Waals surface area contributed by atoms with Crippen LogP contribution in [-0.2, 0) is 4.79 Å². The second-order valence-corrected chi connectivity index (χ2v) is 7.30. The van der Waals surface area contributed by atoms with Crippen molar-refractivity contribution in [1.29, 1.82) is 0 Å². The van der Waals surface area contributed by atoms with Crippen LogP contribution in [0.2, 0.25) is 5.02 Å².